The van der Waals surface area contributed by atoms with E-state index in [2.05, 4.69) is 0 Å². The maximum Gasteiger partial charge on any atom is 0.432 e. The van der Waals surface area contributed by atoms with Crippen molar-refractivity contribution in [3.63, 3.8) is 0 Å². The number of carbonyl (C=O) groups excluding carboxylic acids is 4. The molecule has 1 heterocycles. The van der Waals surface area contributed by atoms with Crippen LogP contribution in [-0.4, -0.2) is 61.6 Å². The zero-order valence-electron chi connectivity index (χ0n) is 26.9. The quantitative estimate of drug-likeness (QED) is 0.214. The Balaban J connectivity index is 1.97. The zero-order valence-corrected chi connectivity index (χ0v) is 26.9. The lowest BCUT2D eigenvalue weighted by atomic mass is 9.58. The largest absolute Gasteiger partial charge is 0.461 e. The van der Waals surface area contributed by atoms with Crippen molar-refractivity contribution in [1.29, 1.82) is 0 Å². The van der Waals surface area contributed by atoms with E-state index in [-0.39, 0.29) is 19.3 Å². The van der Waals surface area contributed by atoms with Crippen LogP contribution < -0.4 is 0 Å². The molecule has 2 aliphatic carbocycles. The van der Waals surface area contributed by atoms with Crippen LogP contribution in [0.3, 0.4) is 0 Å². The fourth-order valence-electron chi connectivity index (χ4n) is 7.03. The molecule has 0 amide bonds. The lowest BCUT2D eigenvalue weighted by Crippen LogP contribution is -2.60. The minimum Gasteiger partial charge on any atom is -0.461 e. The highest BCUT2D eigenvalue weighted by Crippen LogP contribution is 2.53. The van der Waals surface area contributed by atoms with E-state index >= 15 is 0 Å². The Bertz CT molecular complexity index is 1480. The third kappa shape index (κ3) is 6.23. The van der Waals surface area contributed by atoms with Gasteiger partial charge in [-0.3, -0.25) is 9.59 Å². The highest BCUT2D eigenvalue weighted by molar-refractivity contribution is 5.92. The summed E-state index contributed by atoms with van der Waals surface area (Å²) in [5.41, 5.74) is -3.01. The van der Waals surface area contributed by atoms with Gasteiger partial charge in [0.05, 0.1) is 5.41 Å². The van der Waals surface area contributed by atoms with Gasteiger partial charge in [0.2, 0.25) is 0 Å². The van der Waals surface area contributed by atoms with E-state index in [9.17, 15) is 32.3 Å². The fraction of sp³-hybridized carbons (Fsp3) is 0.529. The van der Waals surface area contributed by atoms with Gasteiger partial charge < -0.3 is 23.7 Å². The minimum atomic E-state index is -5.26. The van der Waals surface area contributed by atoms with Gasteiger partial charge in [0.1, 0.15) is 24.4 Å². The topological polar surface area (TPSA) is 114 Å². The number of hydrogen-bond donors (Lipinski definition) is 0. The number of fused-ring (bicyclic) bond motifs is 2. The number of hydrogen-bond acceptors (Lipinski definition) is 9. The second kappa shape index (κ2) is 13.1. The summed E-state index contributed by atoms with van der Waals surface area (Å²) < 4.78 is 72.8. The van der Waals surface area contributed by atoms with Crippen LogP contribution in [0.2, 0.25) is 0 Å². The summed E-state index contributed by atoms with van der Waals surface area (Å²) in [6, 6.07) is 6.38. The Labute approximate surface area is 265 Å². The van der Waals surface area contributed by atoms with E-state index in [1.807, 2.05) is 13.0 Å². The number of alkyl halides is 3. The molecule has 0 aromatic heterocycles. The van der Waals surface area contributed by atoms with E-state index in [1.54, 1.807) is 26.8 Å². The van der Waals surface area contributed by atoms with Gasteiger partial charge >= 0.3 is 30.1 Å². The molecule has 3 aliphatic rings. The van der Waals surface area contributed by atoms with Gasteiger partial charge in [-0.1, -0.05) is 54.5 Å². The normalized spacial score (nSPS) is 30.7. The lowest BCUT2D eigenvalue weighted by molar-refractivity contribution is -0.281. The Morgan fingerprint density at radius 1 is 0.957 bits per heavy atom. The summed E-state index contributed by atoms with van der Waals surface area (Å²) in [4.78, 5) is 51.8. The number of ether oxygens (including phenoxy) is 5. The first-order valence-electron chi connectivity index (χ1n) is 14.9. The molecule has 0 saturated heterocycles. The van der Waals surface area contributed by atoms with E-state index in [0.29, 0.717) is 16.7 Å². The number of methoxy groups -OCH3 is 1. The van der Waals surface area contributed by atoms with Gasteiger partial charge in [-0.25, -0.2) is 9.59 Å². The summed E-state index contributed by atoms with van der Waals surface area (Å²) in [6.45, 7) is 9.18. The molecule has 46 heavy (non-hydrogen) atoms. The predicted molar refractivity (Wildman–Crippen MR) is 158 cm³/mol. The zero-order chi connectivity index (χ0) is 34.2. The molecule has 0 unspecified atom stereocenters. The van der Waals surface area contributed by atoms with Crippen LogP contribution in [0.5, 0.6) is 0 Å². The molecule has 1 aliphatic heterocycles. The highest BCUT2D eigenvalue weighted by atomic mass is 19.4. The molecule has 12 heteroatoms. The molecule has 0 radical (unpaired) electrons. The number of esters is 4. The van der Waals surface area contributed by atoms with Crippen LogP contribution in [0.25, 0.3) is 0 Å². The van der Waals surface area contributed by atoms with Crippen LogP contribution in [0.1, 0.15) is 66.4 Å². The Hall–Kier alpha value is -3.93. The number of benzene rings is 1. The maximum atomic E-state index is 14.9. The lowest BCUT2D eigenvalue weighted by Gasteiger charge is -2.52. The summed E-state index contributed by atoms with van der Waals surface area (Å²) >= 11 is 0. The van der Waals surface area contributed by atoms with Crippen LogP contribution in [0.4, 0.5) is 13.2 Å². The fourth-order valence-corrected chi connectivity index (χ4v) is 7.03. The van der Waals surface area contributed by atoms with Crippen molar-refractivity contribution in [1.82, 2.24) is 0 Å². The number of carbonyl (C=O) groups is 4. The van der Waals surface area contributed by atoms with Crippen LogP contribution in [0, 0.1) is 11.3 Å². The standard InChI is InChI=1S/C34H39F3O9/c1-18-15-26-24(20(3)30(40)45-26)17-25-19(2)13-14-28(43-21(4)38)32(25,6)29(44-22(5)39)27(16-18)46-31(41)33(42-7,34(35,36)37)23-11-9-8-10-12-23/h8-13,15,25-29H,14,16-17H2,1-7H3/b18-15-/t25-,26+,27-,28+,29+,32-,33+/m1/s1. The molecule has 1 aromatic rings. The first-order chi connectivity index (χ1) is 21.5. The smallest absolute Gasteiger partial charge is 0.432 e. The summed E-state index contributed by atoms with van der Waals surface area (Å²) in [5.74, 6) is -4.29. The molecule has 0 N–H and O–H groups in total. The average molecular weight is 649 g/mol. The molecule has 9 nitrogen and oxygen atoms in total. The summed E-state index contributed by atoms with van der Waals surface area (Å²) in [7, 11) is 0.762. The highest BCUT2D eigenvalue weighted by Gasteiger charge is 2.65. The third-order valence-corrected chi connectivity index (χ3v) is 9.38. The van der Waals surface area contributed by atoms with Crippen LogP contribution in [-0.2, 0) is 48.5 Å². The Kier molecular flexibility index (Phi) is 9.91. The predicted octanol–water partition coefficient (Wildman–Crippen LogP) is 5.82. The molecular weight excluding hydrogens is 609 g/mol. The van der Waals surface area contributed by atoms with Crippen molar-refractivity contribution < 1.29 is 56.0 Å². The molecular formula is C34H39F3O9. The molecule has 4 rings (SSSR count). The van der Waals surface area contributed by atoms with E-state index in [4.69, 9.17) is 23.7 Å². The van der Waals surface area contributed by atoms with Gasteiger partial charge in [0.15, 0.2) is 0 Å². The second-order valence-corrected chi connectivity index (χ2v) is 12.3. The van der Waals surface area contributed by atoms with Crippen molar-refractivity contribution in [3.8, 4) is 0 Å². The molecule has 1 aromatic carbocycles. The molecule has 7 atom stereocenters. The second-order valence-electron chi connectivity index (χ2n) is 12.3. The molecule has 0 bridgehead atoms. The SMILES string of the molecule is CO[C@](C(=O)O[C@@H]1C/C(C)=C\[C@@H]2OC(=O)C(C)=C2C[C@@H]2C(C)=CC[C@H](OC(C)=O)[C@]2(C)[C@H]1OC(C)=O)(c1ccccc1)C(F)(F)F. The van der Waals surface area contributed by atoms with E-state index in [1.165, 1.54) is 25.1 Å². The number of rotatable bonds is 6. The van der Waals surface area contributed by atoms with Gasteiger partial charge in [-0.2, -0.15) is 13.2 Å². The molecule has 250 valence electrons. The first kappa shape index (κ1) is 34.9. The van der Waals surface area contributed by atoms with Crippen LogP contribution >= 0.6 is 0 Å². The van der Waals surface area contributed by atoms with Crippen molar-refractivity contribution in [2.45, 2.75) is 97.0 Å². The van der Waals surface area contributed by atoms with Crippen molar-refractivity contribution in [2.24, 2.45) is 11.3 Å². The summed E-state index contributed by atoms with van der Waals surface area (Å²) in [6.07, 6.45) is -6.22. The maximum absolute atomic E-state index is 14.9. The van der Waals surface area contributed by atoms with Crippen molar-refractivity contribution >= 4 is 23.9 Å². The van der Waals surface area contributed by atoms with E-state index < -0.39 is 77.0 Å². The van der Waals surface area contributed by atoms with E-state index in [0.717, 1.165) is 31.7 Å². The van der Waals surface area contributed by atoms with Gasteiger partial charge in [-0.15, -0.1) is 0 Å². The number of allylic oxidation sites excluding steroid dienone is 1. The van der Waals surface area contributed by atoms with Gasteiger partial charge in [0.25, 0.3) is 5.60 Å². The average Bonchev–Trinajstić information content (AvgIpc) is 3.22. The Morgan fingerprint density at radius 3 is 2.15 bits per heavy atom. The van der Waals surface area contributed by atoms with Gasteiger partial charge in [0, 0.05) is 44.9 Å². The third-order valence-electron chi connectivity index (χ3n) is 9.38. The Morgan fingerprint density at radius 2 is 1.59 bits per heavy atom. The first-order valence-corrected chi connectivity index (χ1v) is 14.9. The van der Waals surface area contributed by atoms with Crippen LogP contribution in [0.15, 0.2) is 64.8 Å². The minimum absolute atomic E-state index is 0.192. The molecule has 0 spiro atoms. The summed E-state index contributed by atoms with van der Waals surface area (Å²) in [5, 5.41) is 0. The van der Waals surface area contributed by atoms with Gasteiger partial charge in [-0.05, 0) is 44.8 Å². The molecule has 0 fully saturated rings. The monoisotopic (exact) mass is 648 g/mol. The number of halogens is 3. The van der Waals surface area contributed by atoms with Crippen molar-refractivity contribution in [3.05, 3.63) is 70.3 Å². The molecule has 0 saturated carbocycles. The van der Waals surface area contributed by atoms with Crippen molar-refractivity contribution in [2.75, 3.05) is 7.11 Å².